The number of para-hydroxylation sites is 2. The lowest BCUT2D eigenvalue weighted by atomic mass is 9.74. The van der Waals surface area contributed by atoms with Crippen LogP contribution in [0.5, 0.6) is 0 Å². The van der Waals surface area contributed by atoms with E-state index in [4.69, 9.17) is 0 Å². The van der Waals surface area contributed by atoms with Crippen LogP contribution in [0.2, 0.25) is 0 Å². The standard InChI is InChI=1S/C47H35N5/c1-29-10-7-18-43-46(29)38-15-4-6-17-41(38)51(43)36-13-8-11-32(25-36)45-30(2)22-34(24-35(45)28-50)47-33(27-49)12-9-19-44(47)52-40-16-5-3-14-37(40)39-23-31(26-48)20-21-42(39)52/h3-8,11-18,20-25,29-30,45H,9-10,19H2,1-2H3/t29-,30?,45?/m0/s1. The Kier molecular flexibility index (Phi) is 7.43. The Morgan fingerprint density at radius 1 is 0.731 bits per heavy atom. The highest BCUT2D eigenvalue weighted by atomic mass is 15.0. The predicted molar refractivity (Wildman–Crippen MR) is 209 cm³/mol. The van der Waals surface area contributed by atoms with Crippen molar-refractivity contribution in [2.75, 3.05) is 0 Å². The normalized spacial score (nSPS) is 19.8. The van der Waals surface area contributed by atoms with Gasteiger partial charge in [0.25, 0.3) is 0 Å². The van der Waals surface area contributed by atoms with E-state index in [-0.39, 0.29) is 11.8 Å². The molecule has 5 heteroatoms. The second kappa shape index (κ2) is 12.3. The number of rotatable bonds is 4. The van der Waals surface area contributed by atoms with Gasteiger partial charge in [-0.2, -0.15) is 15.8 Å². The molecule has 0 fully saturated rings. The Morgan fingerprint density at radius 2 is 1.50 bits per heavy atom. The molecule has 5 nitrogen and oxygen atoms in total. The van der Waals surface area contributed by atoms with Crippen molar-refractivity contribution in [1.82, 2.24) is 9.13 Å². The molecule has 2 heterocycles. The smallest absolute Gasteiger partial charge is 0.0995 e. The van der Waals surface area contributed by atoms with Gasteiger partial charge in [-0.3, -0.25) is 0 Å². The van der Waals surface area contributed by atoms with Crippen molar-refractivity contribution >= 4 is 44.5 Å². The van der Waals surface area contributed by atoms with Crippen LogP contribution in [0.3, 0.4) is 0 Å². The molecule has 9 rings (SSSR count). The zero-order valence-corrected chi connectivity index (χ0v) is 29.1. The molecule has 0 radical (unpaired) electrons. The van der Waals surface area contributed by atoms with Gasteiger partial charge in [-0.1, -0.05) is 80.6 Å². The third-order valence-electron chi connectivity index (χ3n) is 11.2. The highest BCUT2D eigenvalue weighted by Gasteiger charge is 2.31. The van der Waals surface area contributed by atoms with Gasteiger partial charge in [0.05, 0.1) is 45.9 Å². The average molecular weight is 670 g/mol. The van der Waals surface area contributed by atoms with Gasteiger partial charge < -0.3 is 9.13 Å². The molecule has 52 heavy (non-hydrogen) atoms. The van der Waals surface area contributed by atoms with Crippen molar-refractivity contribution in [2.24, 2.45) is 5.92 Å². The van der Waals surface area contributed by atoms with Crippen LogP contribution < -0.4 is 0 Å². The molecule has 248 valence electrons. The Bertz CT molecular complexity index is 2790. The fraction of sp³-hybridized carbons (Fsp3) is 0.170. The van der Waals surface area contributed by atoms with E-state index in [9.17, 15) is 15.8 Å². The first kappa shape index (κ1) is 31.4. The molecule has 4 aromatic carbocycles. The molecule has 6 aromatic rings. The van der Waals surface area contributed by atoms with E-state index >= 15 is 0 Å². The van der Waals surface area contributed by atoms with Crippen LogP contribution in [-0.2, 0) is 0 Å². The number of hydrogen-bond donors (Lipinski definition) is 0. The number of nitrogens with zero attached hydrogens (tertiary/aromatic N) is 5. The summed E-state index contributed by atoms with van der Waals surface area (Å²) >= 11 is 0. The number of benzene rings is 4. The molecule has 2 unspecified atom stereocenters. The number of fused-ring (bicyclic) bond motifs is 6. The zero-order chi connectivity index (χ0) is 35.5. The molecule has 0 saturated carbocycles. The van der Waals surface area contributed by atoms with Crippen molar-refractivity contribution in [3.63, 3.8) is 0 Å². The fourth-order valence-electron chi connectivity index (χ4n) is 9.03. The van der Waals surface area contributed by atoms with Crippen LogP contribution in [-0.4, -0.2) is 9.13 Å². The monoisotopic (exact) mass is 669 g/mol. The van der Waals surface area contributed by atoms with Crippen molar-refractivity contribution in [2.45, 2.75) is 44.9 Å². The second-order valence-electron chi connectivity index (χ2n) is 14.2. The van der Waals surface area contributed by atoms with Crippen molar-refractivity contribution in [1.29, 1.82) is 15.8 Å². The summed E-state index contributed by atoms with van der Waals surface area (Å²) in [5.41, 5.74) is 12.8. The van der Waals surface area contributed by atoms with Gasteiger partial charge in [-0.05, 0) is 102 Å². The summed E-state index contributed by atoms with van der Waals surface area (Å²) < 4.78 is 4.64. The van der Waals surface area contributed by atoms with Gasteiger partial charge in [0.1, 0.15) is 0 Å². The van der Waals surface area contributed by atoms with Crippen molar-refractivity contribution < 1.29 is 0 Å². The molecule has 0 aliphatic heterocycles. The molecule has 0 N–H and O–H groups in total. The highest BCUT2D eigenvalue weighted by molar-refractivity contribution is 6.11. The molecule has 0 amide bonds. The number of aromatic nitrogens is 2. The van der Waals surface area contributed by atoms with E-state index in [1.807, 2.05) is 42.5 Å². The summed E-state index contributed by atoms with van der Waals surface area (Å²) in [5, 5.41) is 34.3. The third-order valence-corrected chi connectivity index (χ3v) is 11.2. The molecule has 2 aromatic heterocycles. The maximum absolute atomic E-state index is 10.8. The average Bonchev–Trinajstić information content (AvgIpc) is 3.70. The fourth-order valence-corrected chi connectivity index (χ4v) is 9.03. The van der Waals surface area contributed by atoms with Crippen molar-refractivity contribution in [3.8, 4) is 23.9 Å². The lowest BCUT2D eigenvalue weighted by Crippen LogP contribution is -2.17. The van der Waals surface area contributed by atoms with E-state index in [1.54, 1.807) is 0 Å². The van der Waals surface area contributed by atoms with Gasteiger partial charge in [0.2, 0.25) is 0 Å². The molecule has 0 bridgehead atoms. The first-order valence-electron chi connectivity index (χ1n) is 18.0. The van der Waals surface area contributed by atoms with Crippen LogP contribution in [0.4, 0.5) is 0 Å². The lowest BCUT2D eigenvalue weighted by Gasteiger charge is -2.30. The number of nitriles is 3. The van der Waals surface area contributed by atoms with E-state index in [0.29, 0.717) is 22.6 Å². The number of allylic oxidation sites excluding steroid dienone is 9. The summed E-state index contributed by atoms with van der Waals surface area (Å²) in [6.45, 7) is 4.49. The topological polar surface area (TPSA) is 81.2 Å². The van der Waals surface area contributed by atoms with Gasteiger partial charge in [-0.15, -0.1) is 0 Å². The highest BCUT2D eigenvalue weighted by Crippen LogP contribution is 2.46. The maximum Gasteiger partial charge on any atom is 0.0995 e. The van der Waals surface area contributed by atoms with E-state index in [2.05, 4.69) is 120 Å². The summed E-state index contributed by atoms with van der Waals surface area (Å²) in [6, 6.07) is 38.8. The maximum atomic E-state index is 10.8. The first-order chi connectivity index (χ1) is 25.5. The lowest BCUT2D eigenvalue weighted by molar-refractivity contribution is 0.613. The molecule has 0 saturated heterocycles. The Morgan fingerprint density at radius 3 is 2.29 bits per heavy atom. The van der Waals surface area contributed by atoms with Gasteiger partial charge >= 0.3 is 0 Å². The SMILES string of the molecule is CC1C=C(C2=C(n3c4ccccc4c4cc(C#N)ccc43)CCC=C2C#N)C=C(C#N)C1c1cccc(-n2c3c(c4ccccc42)[C@@H](C)CC=C3)c1. The van der Waals surface area contributed by atoms with E-state index < -0.39 is 0 Å². The summed E-state index contributed by atoms with van der Waals surface area (Å²) in [7, 11) is 0. The molecular weight excluding hydrogens is 635 g/mol. The largest absolute Gasteiger partial charge is 0.312 e. The van der Waals surface area contributed by atoms with Crippen LogP contribution >= 0.6 is 0 Å². The van der Waals surface area contributed by atoms with E-state index in [0.717, 1.165) is 69.2 Å². The third kappa shape index (κ3) is 4.73. The van der Waals surface area contributed by atoms with Crippen molar-refractivity contribution in [3.05, 3.63) is 160 Å². The molecule has 3 aliphatic rings. The van der Waals surface area contributed by atoms with E-state index in [1.165, 1.54) is 22.2 Å². The van der Waals surface area contributed by atoms with Crippen LogP contribution in [0.25, 0.3) is 50.2 Å². The minimum Gasteiger partial charge on any atom is -0.312 e. The minimum atomic E-state index is -0.138. The zero-order valence-electron chi connectivity index (χ0n) is 29.1. The quantitative estimate of drug-likeness (QED) is 0.187. The van der Waals surface area contributed by atoms with Crippen LogP contribution in [0, 0.1) is 39.9 Å². The first-order valence-corrected chi connectivity index (χ1v) is 18.0. The Hall–Kier alpha value is -6.61. The molecule has 0 spiro atoms. The summed E-state index contributed by atoms with van der Waals surface area (Å²) in [6.07, 6.45) is 13.3. The minimum absolute atomic E-state index is 0.00732. The summed E-state index contributed by atoms with van der Waals surface area (Å²) in [4.78, 5) is 0. The predicted octanol–water partition coefficient (Wildman–Crippen LogP) is 11.4. The molecular formula is C47H35N5. The molecule has 3 aliphatic carbocycles. The number of hydrogen-bond acceptors (Lipinski definition) is 3. The Balaban J connectivity index is 1.18. The summed E-state index contributed by atoms with van der Waals surface area (Å²) in [5.74, 6) is 0.293. The van der Waals surface area contributed by atoms with Crippen LogP contribution in [0.15, 0.2) is 138 Å². The second-order valence-corrected chi connectivity index (χ2v) is 14.2. The van der Waals surface area contributed by atoms with Gasteiger partial charge in [0.15, 0.2) is 0 Å². The Labute approximate surface area is 303 Å². The van der Waals surface area contributed by atoms with Crippen LogP contribution in [0.1, 0.15) is 67.3 Å². The molecule has 3 atom stereocenters. The van der Waals surface area contributed by atoms with Gasteiger partial charge in [0, 0.05) is 50.3 Å². The van der Waals surface area contributed by atoms with Gasteiger partial charge in [-0.25, -0.2) is 0 Å².